The third-order valence-electron chi connectivity index (χ3n) is 4.59. The van der Waals surface area contributed by atoms with Crippen LogP contribution in [-0.4, -0.2) is 44.8 Å². The molecule has 6 N–H and O–H groups in total. The van der Waals surface area contributed by atoms with Crippen LogP contribution < -0.4 is 10.6 Å². The number of phenols is 4. The quantitative estimate of drug-likeness (QED) is 0.195. The number of nitrogens with zero attached hydrogens (tertiary/aromatic N) is 2. The number of benzene rings is 2. The van der Waals surface area contributed by atoms with E-state index in [0.29, 0.717) is 17.5 Å². The first kappa shape index (κ1) is 25.3. The Labute approximate surface area is 195 Å². The molecule has 34 heavy (non-hydrogen) atoms. The van der Waals surface area contributed by atoms with Gasteiger partial charge in [-0.3, -0.25) is 9.59 Å². The molecule has 0 saturated carbocycles. The Kier molecular flexibility index (Phi) is 8.63. The zero-order valence-electron chi connectivity index (χ0n) is 18.1. The largest absolute Gasteiger partial charge is 0.504 e. The predicted octanol–water partition coefficient (Wildman–Crippen LogP) is 2.03. The van der Waals surface area contributed by atoms with E-state index in [1.54, 1.807) is 19.1 Å². The molecule has 2 aromatic rings. The summed E-state index contributed by atoms with van der Waals surface area (Å²) in [5, 5.41) is 61.4. The van der Waals surface area contributed by atoms with E-state index >= 15 is 0 Å². The molecule has 0 saturated heterocycles. The standard InChI is InChI=1S/C24H22N4O6/c1-14(28-24(34)18(13-26)9-16-3-5-20(30)22(32)11-16)6-7-27-23(33)17(12-25)8-15-2-4-19(29)21(31)10-15/h2-5,8-11,14,29-32H,6-7H2,1H3,(H,27,33)(H,28,34). The van der Waals surface area contributed by atoms with E-state index in [9.17, 15) is 40.5 Å². The van der Waals surface area contributed by atoms with Crippen molar-refractivity contribution < 1.29 is 30.0 Å². The lowest BCUT2D eigenvalue weighted by Gasteiger charge is -2.14. The van der Waals surface area contributed by atoms with E-state index in [0.717, 1.165) is 0 Å². The van der Waals surface area contributed by atoms with Gasteiger partial charge >= 0.3 is 0 Å². The highest BCUT2D eigenvalue weighted by Gasteiger charge is 2.14. The van der Waals surface area contributed by atoms with Crippen LogP contribution >= 0.6 is 0 Å². The number of nitrogens with one attached hydrogen (secondary N) is 2. The summed E-state index contributed by atoms with van der Waals surface area (Å²) in [6.07, 6.45) is 2.81. The highest BCUT2D eigenvalue weighted by Crippen LogP contribution is 2.26. The Morgan fingerprint density at radius 3 is 1.76 bits per heavy atom. The van der Waals surface area contributed by atoms with Gasteiger partial charge in [0, 0.05) is 12.6 Å². The number of hydrogen-bond acceptors (Lipinski definition) is 8. The molecule has 0 aliphatic rings. The first-order chi connectivity index (χ1) is 16.1. The number of phenolic OH excluding ortho intramolecular Hbond substituents is 4. The van der Waals surface area contributed by atoms with E-state index in [1.165, 1.54) is 48.6 Å². The average molecular weight is 462 g/mol. The maximum Gasteiger partial charge on any atom is 0.262 e. The molecule has 0 heterocycles. The van der Waals surface area contributed by atoms with Crippen molar-refractivity contribution in [3.05, 3.63) is 58.7 Å². The van der Waals surface area contributed by atoms with Crippen LogP contribution in [-0.2, 0) is 9.59 Å². The van der Waals surface area contributed by atoms with E-state index in [-0.39, 0.29) is 40.7 Å². The second-order valence-electron chi connectivity index (χ2n) is 7.26. The van der Waals surface area contributed by atoms with Crippen LogP contribution in [0.25, 0.3) is 12.2 Å². The maximum absolute atomic E-state index is 12.4. The van der Waals surface area contributed by atoms with Crippen LogP contribution in [0.15, 0.2) is 47.5 Å². The summed E-state index contributed by atoms with van der Waals surface area (Å²) >= 11 is 0. The minimum atomic E-state index is -0.654. The fourth-order valence-corrected chi connectivity index (χ4v) is 2.76. The van der Waals surface area contributed by atoms with Crippen molar-refractivity contribution in [3.63, 3.8) is 0 Å². The Balaban J connectivity index is 1.92. The molecule has 174 valence electrons. The average Bonchev–Trinajstić information content (AvgIpc) is 2.80. The normalized spacial score (nSPS) is 12.2. The van der Waals surface area contributed by atoms with Crippen molar-refractivity contribution in [2.24, 2.45) is 0 Å². The molecule has 0 aliphatic heterocycles. The minimum Gasteiger partial charge on any atom is -0.504 e. The van der Waals surface area contributed by atoms with Gasteiger partial charge in [-0.2, -0.15) is 10.5 Å². The number of rotatable bonds is 8. The van der Waals surface area contributed by atoms with Gasteiger partial charge in [0.1, 0.15) is 23.3 Å². The third-order valence-corrected chi connectivity index (χ3v) is 4.59. The second-order valence-corrected chi connectivity index (χ2v) is 7.26. The smallest absolute Gasteiger partial charge is 0.262 e. The molecule has 2 aromatic carbocycles. The summed E-state index contributed by atoms with van der Waals surface area (Å²) in [4.78, 5) is 24.6. The molecule has 10 nitrogen and oxygen atoms in total. The van der Waals surface area contributed by atoms with Gasteiger partial charge in [-0.05, 0) is 60.9 Å². The molecule has 1 atom stereocenters. The van der Waals surface area contributed by atoms with Crippen molar-refractivity contribution >= 4 is 24.0 Å². The van der Waals surface area contributed by atoms with Gasteiger partial charge in [0.2, 0.25) is 0 Å². The van der Waals surface area contributed by atoms with E-state index in [2.05, 4.69) is 10.6 Å². The van der Waals surface area contributed by atoms with Crippen LogP contribution in [0.3, 0.4) is 0 Å². The van der Waals surface area contributed by atoms with E-state index in [1.807, 2.05) is 0 Å². The number of aromatic hydroxyl groups is 4. The maximum atomic E-state index is 12.4. The molecular weight excluding hydrogens is 440 g/mol. The van der Waals surface area contributed by atoms with Gasteiger partial charge in [-0.15, -0.1) is 0 Å². The molecule has 0 aliphatic carbocycles. The lowest BCUT2D eigenvalue weighted by Crippen LogP contribution is -2.36. The van der Waals surface area contributed by atoms with Crippen molar-refractivity contribution in [2.75, 3.05) is 6.54 Å². The summed E-state index contributed by atoms with van der Waals surface area (Å²) < 4.78 is 0. The first-order valence-electron chi connectivity index (χ1n) is 10.0. The van der Waals surface area contributed by atoms with Gasteiger partial charge in [-0.25, -0.2) is 0 Å². The Morgan fingerprint density at radius 1 is 0.853 bits per heavy atom. The number of nitriles is 2. The second kappa shape index (κ2) is 11.6. The number of hydrogen-bond donors (Lipinski definition) is 6. The molecule has 1 unspecified atom stereocenters. The van der Waals surface area contributed by atoms with Crippen molar-refractivity contribution in [2.45, 2.75) is 19.4 Å². The van der Waals surface area contributed by atoms with E-state index < -0.39 is 17.9 Å². The van der Waals surface area contributed by atoms with Crippen LogP contribution in [0.5, 0.6) is 23.0 Å². The molecule has 0 radical (unpaired) electrons. The zero-order valence-corrected chi connectivity index (χ0v) is 18.1. The topological polar surface area (TPSA) is 187 Å². The van der Waals surface area contributed by atoms with Gasteiger partial charge in [-0.1, -0.05) is 12.1 Å². The molecule has 2 rings (SSSR count). The molecule has 10 heteroatoms. The molecule has 0 fully saturated rings. The van der Waals surface area contributed by atoms with E-state index in [4.69, 9.17) is 0 Å². The third kappa shape index (κ3) is 7.04. The molecule has 0 bridgehead atoms. The first-order valence-corrected chi connectivity index (χ1v) is 10.0. The van der Waals surface area contributed by atoms with Crippen LogP contribution in [0.2, 0.25) is 0 Å². The Morgan fingerprint density at radius 2 is 1.32 bits per heavy atom. The van der Waals surface area contributed by atoms with Crippen molar-refractivity contribution in [3.8, 4) is 35.1 Å². The summed E-state index contributed by atoms with van der Waals surface area (Å²) in [5.74, 6) is -2.73. The highest BCUT2D eigenvalue weighted by atomic mass is 16.3. The van der Waals surface area contributed by atoms with Crippen LogP contribution in [0, 0.1) is 22.7 Å². The molecular formula is C24H22N4O6. The monoisotopic (exact) mass is 462 g/mol. The lowest BCUT2D eigenvalue weighted by atomic mass is 10.1. The summed E-state index contributed by atoms with van der Waals surface area (Å²) in [5.41, 5.74) is 0.265. The van der Waals surface area contributed by atoms with Gasteiger partial charge in [0.15, 0.2) is 23.0 Å². The minimum absolute atomic E-state index is 0.123. The lowest BCUT2D eigenvalue weighted by molar-refractivity contribution is -0.117. The summed E-state index contributed by atoms with van der Waals surface area (Å²) in [6, 6.07) is 10.8. The SMILES string of the molecule is CC(CCNC(=O)C(C#N)=Cc1ccc(O)c(O)c1)NC(=O)C(C#N)=Cc1ccc(O)c(O)c1. The number of carbonyl (C=O) groups excluding carboxylic acids is 2. The van der Waals surface area contributed by atoms with Crippen LogP contribution in [0.4, 0.5) is 0 Å². The van der Waals surface area contributed by atoms with Gasteiger partial charge < -0.3 is 31.1 Å². The Hall–Kier alpha value is -4.96. The van der Waals surface area contributed by atoms with Crippen molar-refractivity contribution in [1.29, 1.82) is 10.5 Å². The summed E-state index contributed by atoms with van der Waals surface area (Å²) in [6.45, 7) is 1.79. The fourth-order valence-electron chi connectivity index (χ4n) is 2.76. The summed E-state index contributed by atoms with van der Waals surface area (Å²) in [7, 11) is 0. The van der Waals surface area contributed by atoms with Gasteiger partial charge in [0.25, 0.3) is 11.8 Å². The highest BCUT2D eigenvalue weighted by molar-refractivity contribution is 6.02. The van der Waals surface area contributed by atoms with Crippen molar-refractivity contribution in [1.82, 2.24) is 10.6 Å². The molecule has 2 amide bonds. The fraction of sp³-hybridized carbons (Fsp3) is 0.167. The Bertz CT molecular complexity index is 1240. The van der Waals surface area contributed by atoms with Gasteiger partial charge in [0.05, 0.1) is 0 Å². The number of carbonyl (C=O) groups is 2. The predicted molar refractivity (Wildman–Crippen MR) is 122 cm³/mol. The molecule has 0 aromatic heterocycles. The van der Waals surface area contributed by atoms with Crippen LogP contribution in [0.1, 0.15) is 24.5 Å². The molecule has 0 spiro atoms. The zero-order chi connectivity index (χ0) is 25.3. The number of amides is 2.